The number of hydrogen-bond acceptors (Lipinski definition) is 4. The van der Waals surface area contributed by atoms with Crippen molar-refractivity contribution in [2.75, 3.05) is 45.2 Å². The van der Waals surface area contributed by atoms with Gasteiger partial charge < -0.3 is 15.0 Å². The lowest BCUT2D eigenvalue weighted by Gasteiger charge is -2.51. The van der Waals surface area contributed by atoms with E-state index >= 15 is 0 Å². The maximum absolute atomic E-state index is 6.71. The Morgan fingerprint density at radius 3 is 2.38 bits per heavy atom. The second-order valence-corrected chi connectivity index (χ2v) is 9.72. The van der Waals surface area contributed by atoms with E-state index in [0.717, 1.165) is 57.6 Å². The Kier molecular flexibility index (Phi) is 6.89. The molecule has 178 valence electrons. The molecule has 3 aromatic rings. The SMILES string of the molecule is CNCCC(Oc1ccccc1N1CCC2(CC1)c1ccccc1CCN2C)c1ccccc1. The lowest BCUT2D eigenvalue weighted by atomic mass is 9.74. The summed E-state index contributed by atoms with van der Waals surface area (Å²) in [6.07, 6.45) is 4.39. The van der Waals surface area contributed by atoms with Crippen LogP contribution in [-0.4, -0.2) is 45.2 Å². The third kappa shape index (κ3) is 4.45. The van der Waals surface area contributed by atoms with Gasteiger partial charge in [0.15, 0.2) is 0 Å². The highest BCUT2D eigenvalue weighted by Crippen LogP contribution is 2.44. The van der Waals surface area contributed by atoms with Crippen LogP contribution in [0.4, 0.5) is 5.69 Å². The lowest BCUT2D eigenvalue weighted by Crippen LogP contribution is -2.54. The number of piperidine rings is 1. The molecule has 34 heavy (non-hydrogen) atoms. The van der Waals surface area contributed by atoms with Crippen molar-refractivity contribution in [1.29, 1.82) is 0 Å². The topological polar surface area (TPSA) is 27.7 Å². The van der Waals surface area contributed by atoms with E-state index in [1.54, 1.807) is 5.56 Å². The number of nitrogens with zero attached hydrogens (tertiary/aromatic N) is 2. The van der Waals surface area contributed by atoms with E-state index in [9.17, 15) is 0 Å². The Labute approximate surface area is 204 Å². The van der Waals surface area contributed by atoms with Crippen LogP contribution in [0.3, 0.4) is 0 Å². The summed E-state index contributed by atoms with van der Waals surface area (Å²) in [5.74, 6) is 0.987. The Morgan fingerprint density at radius 2 is 1.59 bits per heavy atom. The molecule has 1 unspecified atom stereocenters. The Morgan fingerprint density at radius 1 is 0.882 bits per heavy atom. The molecule has 4 heteroatoms. The van der Waals surface area contributed by atoms with E-state index in [0.29, 0.717) is 0 Å². The molecule has 1 saturated heterocycles. The highest BCUT2D eigenvalue weighted by Gasteiger charge is 2.43. The summed E-state index contributed by atoms with van der Waals surface area (Å²) >= 11 is 0. The predicted molar refractivity (Wildman–Crippen MR) is 141 cm³/mol. The van der Waals surface area contributed by atoms with E-state index < -0.39 is 0 Å². The van der Waals surface area contributed by atoms with Crippen molar-refractivity contribution < 1.29 is 4.74 Å². The summed E-state index contributed by atoms with van der Waals surface area (Å²) in [6.45, 7) is 4.12. The summed E-state index contributed by atoms with van der Waals surface area (Å²) in [7, 11) is 4.31. The van der Waals surface area contributed by atoms with Crippen LogP contribution in [0.2, 0.25) is 0 Å². The molecular weight excluding hydrogens is 418 g/mol. The standard InChI is InChI=1S/C30H37N3O/c1-31-20-16-28(25-11-4-3-5-12-25)34-29-15-9-8-14-27(29)33-22-18-30(19-23-33)26-13-7-6-10-24(26)17-21-32(30)2/h3-15,28,31H,16-23H2,1-2H3. The minimum absolute atomic E-state index is 0.0299. The van der Waals surface area contributed by atoms with Gasteiger partial charge in [0.05, 0.1) is 5.69 Å². The van der Waals surface area contributed by atoms with E-state index in [1.165, 1.54) is 16.8 Å². The zero-order valence-electron chi connectivity index (χ0n) is 20.5. The third-order valence-corrected chi connectivity index (χ3v) is 7.86. The first kappa shape index (κ1) is 22.9. The van der Waals surface area contributed by atoms with E-state index in [-0.39, 0.29) is 11.6 Å². The minimum atomic E-state index is 0.0299. The van der Waals surface area contributed by atoms with Gasteiger partial charge in [-0.25, -0.2) is 0 Å². The molecule has 0 aliphatic carbocycles. The minimum Gasteiger partial charge on any atom is -0.484 e. The van der Waals surface area contributed by atoms with Crippen LogP contribution in [-0.2, 0) is 12.0 Å². The van der Waals surface area contributed by atoms with Gasteiger partial charge in [-0.1, -0.05) is 66.7 Å². The van der Waals surface area contributed by atoms with Gasteiger partial charge in [-0.3, -0.25) is 4.90 Å². The van der Waals surface area contributed by atoms with E-state index in [2.05, 4.69) is 101 Å². The lowest BCUT2D eigenvalue weighted by molar-refractivity contribution is 0.0756. The van der Waals surface area contributed by atoms with Gasteiger partial charge >= 0.3 is 0 Å². The second-order valence-electron chi connectivity index (χ2n) is 9.72. The van der Waals surface area contributed by atoms with Crippen LogP contribution in [0.25, 0.3) is 0 Å². The second kappa shape index (κ2) is 10.2. The smallest absolute Gasteiger partial charge is 0.143 e. The van der Waals surface area contributed by atoms with Crippen molar-refractivity contribution in [1.82, 2.24) is 10.2 Å². The molecule has 1 fully saturated rings. The molecule has 0 amide bonds. The quantitative estimate of drug-likeness (QED) is 0.516. The van der Waals surface area contributed by atoms with Crippen LogP contribution in [0.15, 0.2) is 78.9 Å². The van der Waals surface area contributed by atoms with Crippen molar-refractivity contribution in [3.63, 3.8) is 0 Å². The summed E-state index contributed by atoms with van der Waals surface area (Å²) in [6, 6.07) is 28.3. The van der Waals surface area contributed by atoms with Crippen LogP contribution < -0.4 is 15.0 Å². The number of benzene rings is 3. The van der Waals surface area contributed by atoms with Crippen LogP contribution in [0, 0.1) is 0 Å². The van der Waals surface area contributed by atoms with Crippen molar-refractivity contribution in [3.8, 4) is 5.75 Å². The average Bonchev–Trinajstić information content (AvgIpc) is 2.90. The maximum Gasteiger partial charge on any atom is 0.143 e. The van der Waals surface area contributed by atoms with Crippen LogP contribution in [0.1, 0.15) is 42.1 Å². The zero-order valence-corrected chi connectivity index (χ0v) is 20.5. The molecule has 0 saturated carbocycles. The van der Waals surface area contributed by atoms with Crippen LogP contribution >= 0.6 is 0 Å². The number of fused-ring (bicyclic) bond motifs is 2. The number of anilines is 1. The molecule has 0 bridgehead atoms. The molecule has 0 aromatic heterocycles. The predicted octanol–water partition coefficient (Wildman–Crippen LogP) is 5.40. The Balaban J connectivity index is 1.37. The van der Waals surface area contributed by atoms with Gasteiger partial charge in [-0.2, -0.15) is 0 Å². The first-order chi connectivity index (χ1) is 16.7. The number of hydrogen-bond donors (Lipinski definition) is 1. The van der Waals surface area contributed by atoms with Crippen molar-refractivity contribution >= 4 is 5.69 Å². The molecule has 0 radical (unpaired) electrons. The fourth-order valence-electron chi connectivity index (χ4n) is 5.88. The van der Waals surface area contributed by atoms with Gasteiger partial charge in [0, 0.05) is 31.6 Å². The van der Waals surface area contributed by atoms with E-state index in [1.807, 2.05) is 7.05 Å². The molecule has 1 N–H and O–H groups in total. The zero-order chi connectivity index (χ0) is 23.4. The normalized spacial score (nSPS) is 18.5. The first-order valence-corrected chi connectivity index (χ1v) is 12.7. The van der Waals surface area contributed by atoms with Crippen LogP contribution in [0.5, 0.6) is 5.75 Å². The largest absolute Gasteiger partial charge is 0.484 e. The summed E-state index contributed by atoms with van der Waals surface area (Å²) in [5.41, 5.74) is 5.68. The van der Waals surface area contributed by atoms with Gasteiger partial charge in [-0.15, -0.1) is 0 Å². The molecule has 2 aliphatic heterocycles. The van der Waals surface area contributed by atoms with Gasteiger partial charge in [0.2, 0.25) is 0 Å². The highest BCUT2D eigenvalue weighted by atomic mass is 16.5. The summed E-state index contributed by atoms with van der Waals surface area (Å²) < 4.78 is 6.71. The third-order valence-electron chi connectivity index (χ3n) is 7.86. The molecule has 4 nitrogen and oxygen atoms in total. The molecular formula is C30H37N3O. The first-order valence-electron chi connectivity index (χ1n) is 12.7. The van der Waals surface area contributed by atoms with Crippen molar-refractivity contribution in [2.24, 2.45) is 0 Å². The molecule has 3 aromatic carbocycles. The summed E-state index contributed by atoms with van der Waals surface area (Å²) in [5, 5.41) is 3.28. The average molecular weight is 456 g/mol. The highest BCUT2D eigenvalue weighted by molar-refractivity contribution is 5.59. The number of ether oxygens (including phenoxy) is 1. The van der Waals surface area contributed by atoms with Gasteiger partial charge in [0.25, 0.3) is 0 Å². The number of rotatable bonds is 7. The molecule has 1 spiro atoms. The number of para-hydroxylation sites is 2. The molecule has 1 atom stereocenters. The van der Waals surface area contributed by atoms with Crippen molar-refractivity contribution in [2.45, 2.75) is 37.3 Å². The molecule has 2 aliphatic rings. The molecule has 5 rings (SSSR count). The molecule has 2 heterocycles. The number of nitrogens with one attached hydrogen (secondary N) is 1. The Bertz CT molecular complexity index is 1080. The fourth-order valence-corrected chi connectivity index (χ4v) is 5.88. The van der Waals surface area contributed by atoms with Gasteiger partial charge in [-0.05, 0) is 68.7 Å². The Hall–Kier alpha value is -2.82. The maximum atomic E-state index is 6.71. The monoisotopic (exact) mass is 455 g/mol. The van der Waals surface area contributed by atoms with Gasteiger partial charge in [0.1, 0.15) is 11.9 Å². The fraction of sp³-hybridized carbons (Fsp3) is 0.400. The number of likely N-dealkylation sites (N-methyl/N-ethyl adjacent to an activating group) is 1. The van der Waals surface area contributed by atoms with E-state index in [4.69, 9.17) is 4.74 Å². The van der Waals surface area contributed by atoms with Crippen molar-refractivity contribution in [3.05, 3.63) is 95.6 Å². The summed E-state index contributed by atoms with van der Waals surface area (Å²) in [4.78, 5) is 5.14.